The van der Waals surface area contributed by atoms with Crippen molar-refractivity contribution in [3.05, 3.63) is 93.1 Å². The van der Waals surface area contributed by atoms with Gasteiger partial charge < -0.3 is 19.9 Å². The Morgan fingerprint density at radius 1 is 1.17 bits per heavy atom. The monoisotopic (exact) mass is 507 g/mol. The van der Waals surface area contributed by atoms with Crippen LogP contribution >= 0.6 is 11.6 Å². The minimum atomic E-state index is -1.05. The molecule has 3 amide bonds. The van der Waals surface area contributed by atoms with E-state index in [0.717, 1.165) is 18.0 Å². The molecule has 0 saturated carbocycles. The fourth-order valence-corrected chi connectivity index (χ4v) is 4.81. The number of rotatable bonds is 5. The molecule has 3 aromatic rings. The second kappa shape index (κ2) is 9.46. The van der Waals surface area contributed by atoms with E-state index in [1.165, 1.54) is 0 Å². The van der Waals surface area contributed by atoms with Crippen LogP contribution in [-0.2, 0) is 21.6 Å². The molecule has 1 spiro atoms. The van der Waals surface area contributed by atoms with Crippen molar-refractivity contribution < 1.29 is 19.1 Å². The Hall–Kier alpha value is -4.18. The first-order valence-electron chi connectivity index (χ1n) is 11.3. The first-order chi connectivity index (χ1) is 17.3. The predicted molar refractivity (Wildman–Crippen MR) is 131 cm³/mol. The number of H-pyrrole nitrogens is 1. The number of fused-ring (bicyclic) bond motifs is 2. The van der Waals surface area contributed by atoms with E-state index in [9.17, 15) is 19.2 Å². The summed E-state index contributed by atoms with van der Waals surface area (Å²) in [4.78, 5) is 58.3. The second-order valence-electron chi connectivity index (χ2n) is 8.72. The van der Waals surface area contributed by atoms with Gasteiger partial charge >= 0.3 is 6.09 Å². The van der Waals surface area contributed by atoms with Crippen LogP contribution in [0.1, 0.15) is 28.0 Å². The number of carbonyl (C=O) groups excluding carboxylic acids is 3. The second-order valence-corrected chi connectivity index (χ2v) is 9.16. The molecule has 184 valence electrons. The van der Waals surface area contributed by atoms with Crippen molar-refractivity contribution in [2.45, 2.75) is 24.5 Å². The lowest BCUT2D eigenvalue weighted by atomic mass is 9.90. The smallest absolute Gasteiger partial charge is 0.412 e. The maximum atomic E-state index is 13.7. The highest BCUT2D eigenvalue weighted by atomic mass is 35.5. The molecular formula is C25H22ClN5O5. The molecule has 2 atom stereocenters. The van der Waals surface area contributed by atoms with Crippen molar-refractivity contribution in [3.63, 3.8) is 0 Å². The van der Waals surface area contributed by atoms with Gasteiger partial charge in [-0.3, -0.25) is 19.7 Å². The highest BCUT2D eigenvalue weighted by Gasteiger charge is 2.49. The van der Waals surface area contributed by atoms with Gasteiger partial charge in [0.2, 0.25) is 5.91 Å². The fourth-order valence-electron chi connectivity index (χ4n) is 4.64. The Morgan fingerprint density at radius 3 is 2.75 bits per heavy atom. The Kier molecular flexibility index (Phi) is 6.19. The number of anilines is 1. The Morgan fingerprint density at radius 2 is 1.97 bits per heavy atom. The van der Waals surface area contributed by atoms with Crippen LogP contribution in [-0.4, -0.2) is 51.9 Å². The number of hydrogen-bond donors (Lipinski definition) is 3. The van der Waals surface area contributed by atoms with Crippen LogP contribution in [0, 0.1) is 0 Å². The van der Waals surface area contributed by atoms with Crippen LogP contribution in [0.15, 0.2) is 65.7 Å². The molecule has 1 saturated heterocycles. The minimum Gasteiger partial charge on any atom is -0.436 e. The van der Waals surface area contributed by atoms with Crippen molar-refractivity contribution in [1.82, 2.24) is 20.2 Å². The molecular weight excluding hydrogens is 486 g/mol. The number of aromatic nitrogens is 2. The largest absolute Gasteiger partial charge is 0.436 e. The predicted octanol–water partition coefficient (Wildman–Crippen LogP) is 2.45. The number of benzene rings is 2. The minimum absolute atomic E-state index is 0.0987. The molecule has 5 rings (SSSR count). The van der Waals surface area contributed by atoms with E-state index >= 15 is 0 Å². The molecule has 1 aromatic heterocycles. The quantitative estimate of drug-likeness (QED) is 0.486. The summed E-state index contributed by atoms with van der Waals surface area (Å²) in [6, 6.07) is 14.5. The summed E-state index contributed by atoms with van der Waals surface area (Å²) in [5.41, 5.74) is 0.495. The highest BCUT2D eigenvalue weighted by Crippen LogP contribution is 2.43. The SMILES string of the molecule is O=C1Nc2ccc(Cl)cc2C2(CCN(C(=O)[C@H](Cc3ccccc3)NC(=O)c3cc(=O)[nH]cn3)C2)O1. The van der Waals surface area contributed by atoms with Gasteiger partial charge in [0.1, 0.15) is 11.7 Å². The number of ether oxygens (including phenoxy) is 1. The van der Waals surface area contributed by atoms with E-state index in [4.69, 9.17) is 16.3 Å². The van der Waals surface area contributed by atoms with Gasteiger partial charge in [-0.2, -0.15) is 0 Å². The van der Waals surface area contributed by atoms with Gasteiger partial charge in [-0.05, 0) is 23.8 Å². The van der Waals surface area contributed by atoms with E-state index in [-0.39, 0.29) is 24.6 Å². The van der Waals surface area contributed by atoms with Gasteiger partial charge in [-0.15, -0.1) is 0 Å². The topological polar surface area (TPSA) is 133 Å². The van der Waals surface area contributed by atoms with Gasteiger partial charge in [0.15, 0.2) is 5.60 Å². The summed E-state index contributed by atoms with van der Waals surface area (Å²) in [5, 5.41) is 5.88. The average Bonchev–Trinajstić information content (AvgIpc) is 3.28. The van der Waals surface area contributed by atoms with Crippen LogP contribution < -0.4 is 16.2 Å². The van der Waals surface area contributed by atoms with Crippen molar-refractivity contribution in [2.24, 2.45) is 0 Å². The summed E-state index contributed by atoms with van der Waals surface area (Å²) in [6.45, 7) is 0.416. The molecule has 2 aliphatic rings. The number of nitrogens with one attached hydrogen (secondary N) is 3. The molecule has 3 heterocycles. The number of nitrogens with zero attached hydrogens (tertiary/aromatic N) is 2. The van der Waals surface area contributed by atoms with Crippen molar-refractivity contribution in [3.8, 4) is 0 Å². The summed E-state index contributed by atoms with van der Waals surface area (Å²) in [6.07, 6.45) is 1.13. The Labute approximate surface area is 210 Å². The molecule has 1 unspecified atom stereocenters. The molecule has 0 bridgehead atoms. The lowest BCUT2D eigenvalue weighted by Gasteiger charge is -2.35. The molecule has 36 heavy (non-hydrogen) atoms. The number of carbonyl (C=O) groups is 3. The van der Waals surface area contributed by atoms with E-state index in [1.807, 2.05) is 30.3 Å². The maximum Gasteiger partial charge on any atom is 0.412 e. The third-order valence-corrected chi connectivity index (χ3v) is 6.57. The van der Waals surface area contributed by atoms with Gasteiger partial charge in [0.25, 0.3) is 11.5 Å². The maximum absolute atomic E-state index is 13.7. The standard InChI is InChI=1S/C25H22ClN5O5/c26-16-6-7-18-17(11-16)25(36-24(35)30-18)8-9-31(13-25)23(34)20(10-15-4-2-1-3-5-15)29-22(33)19-12-21(32)28-14-27-19/h1-7,11-12,14,20H,8-10,13H2,(H,29,33)(H,30,35)(H,27,28,32)/t20-,25?/m0/s1. The molecule has 3 N–H and O–H groups in total. The lowest BCUT2D eigenvalue weighted by Crippen LogP contribution is -2.50. The zero-order chi connectivity index (χ0) is 25.3. The summed E-state index contributed by atoms with van der Waals surface area (Å²) in [7, 11) is 0. The lowest BCUT2D eigenvalue weighted by molar-refractivity contribution is -0.133. The zero-order valence-electron chi connectivity index (χ0n) is 19.0. The van der Waals surface area contributed by atoms with Crippen molar-refractivity contribution in [2.75, 3.05) is 18.4 Å². The van der Waals surface area contributed by atoms with Crippen LogP contribution in [0.2, 0.25) is 5.02 Å². The van der Waals surface area contributed by atoms with E-state index in [0.29, 0.717) is 29.2 Å². The first-order valence-corrected chi connectivity index (χ1v) is 11.7. The zero-order valence-corrected chi connectivity index (χ0v) is 19.7. The third kappa shape index (κ3) is 4.67. The van der Waals surface area contributed by atoms with Crippen molar-refractivity contribution in [1.29, 1.82) is 0 Å². The Balaban J connectivity index is 1.41. The Bertz CT molecular complexity index is 1390. The number of likely N-dealkylation sites (tertiary alicyclic amines) is 1. The van der Waals surface area contributed by atoms with Crippen LogP contribution in [0.5, 0.6) is 0 Å². The molecule has 0 radical (unpaired) electrons. The molecule has 1 fully saturated rings. The van der Waals surface area contributed by atoms with E-state index in [2.05, 4.69) is 20.6 Å². The fraction of sp³-hybridized carbons (Fsp3) is 0.240. The number of amides is 3. The first kappa shape index (κ1) is 23.6. The molecule has 10 nitrogen and oxygen atoms in total. The molecule has 2 aliphatic heterocycles. The third-order valence-electron chi connectivity index (χ3n) is 6.34. The van der Waals surface area contributed by atoms with Crippen LogP contribution in [0.4, 0.5) is 10.5 Å². The van der Waals surface area contributed by atoms with Gasteiger partial charge in [0, 0.05) is 36.0 Å². The van der Waals surface area contributed by atoms with Crippen LogP contribution in [0.25, 0.3) is 0 Å². The number of aromatic amines is 1. The van der Waals surface area contributed by atoms with Crippen LogP contribution in [0.3, 0.4) is 0 Å². The van der Waals surface area contributed by atoms with Gasteiger partial charge in [-0.1, -0.05) is 41.9 Å². The van der Waals surface area contributed by atoms with Gasteiger partial charge in [0.05, 0.1) is 18.6 Å². The number of hydrogen-bond acceptors (Lipinski definition) is 6. The van der Waals surface area contributed by atoms with E-state index < -0.39 is 29.2 Å². The van der Waals surface area contributed by atoms with Crippen molar-refractivity contribution >= 4 is 35.2 Å². The van der Waals surface area contributed by atoms with Gasteiger partial charge in [-0.25, -0.2) is 9.78 Å². The number of halogens is 1. The molecule has 2 aromatic carbocycles. The normalized spacial score (nSPS) is 19.2. The summed E-state index contributed by atoms with van der Waals surface area (Å²) in [5.74, 6) is -0.984. The molecule has 0 aliphatic carbocycles. The van der Waals surface area contributed by atoms with E-state index in [1.54, 1.807) is 23.1 Å². The summed E-state index contributed by atoms with van der Waals surface area (Å²) >= 11 is 6.21. The molecule has 11 heteroatoms. The highest BCUT2D eigenvalue weighted by molar-refractivity contribution is 6.30. The summed E-state index contributed by atoms with van der Waals surface area (Å²) < 4.78 is 5.72. The average molecular weight is 508 g/mol.